The van der Waals surface area contributed by atoms with Crippen molar-refractivity contribution in [2.45, 2.75) is 57.9 Å². The van der Waals surface area contributed by atoms with Crippen LogP contribution >= 0.6 is 22.7 Å². The average Bonchev–Trinajstić information content (AvgIpc) is 3.57. The number of esters is 1. The normalized spacial score (nSPS) is 15.4. The van der Waals surface area contributed by atoms with Crippen molar-refractivity contribution in [2.75, 3.05) is 13.1 Å². The first-order valence-corrected chi connectivity index (χ1v) is 12.8. The molecule has 7 nitrogen and oxygen atoms in total. The van der Waals surface area contributed by atoms with Gasteiger partial charge in [-0.15, -0.1) is 22.7 Å². The lowest BCUT2D eigenvalue weighted by atomic mass is 9.95. The Balaban J connectivity index is 1.36. The number of piperidine rings is 1. The molecule has 0 aliphatic carbocycles. The summed E-state index contributed by atoms with van der Waals surface area (Å²) in [5.74, 6) is -0.662. The maximum Gasteiger partial charge on any atom is 0.435 e. The maximum atomic E-state index is 13.2. The molecule has 3 aromatic heterocycles. The van der Waals surface area contributed by atoms with Gasteiger partial charge in [-0.25, -0.2) is 9.78 Å². The summed E-state index contributed by atoms with van der Waals surface area (Å²) in [6.45, 7) is 5.76. The molecule has 4 rings (SSSR count). The Kier molecular flexibility index (Phi) is 7.05. The predicted octanol–water partition coefficient (Wildman–Crippen LogP) is 5.23. The van der Waals surface area contributed by atoms with Gasteiger partial charge in [0.1, 0.15) is 12.1 Å². The van der Waals surface area contributed by atoms with E-state index >= 15 is 0 Å². The molecule has 0 bridgehead atoms. The largest absolute Gasteiger partial charge is 0.455 e. The summed E-state index contributed by atoms with van der Waals surface area (Å²) in [6, 6.07) is 4.74. The fraction of sp³-hybridized carbons (Fsp3) is 0.478. The number of aromatic nitrogens is 3. The van der Waals surface area contributed by atoms with Crippen molar-refractivity contribution in [3.05, 3.63) is 55.9 Å². The van der Waals surface area contributed by atoms with Gasteiger partial charge >= 0.3 is 12.1 Å². The number of likely N-dealkylation sites (tertiary alicyclic amines) is 1. The summed E-state index contributed by atoms with van der Waals surface area (Å²) in [4.78, 5) is 32.6. The molecule has 0 saturated carbocycles. The molecule has 188 valence electrons. The van der Waals surface area contributed by atoms with Crippen LogP contribution in [0.25, 0.3) is 0 Å². The van der Waals surface area contributed by atoms with Crippen molar-refractivity contribution in [1.82, 2.24) is 19.7 Å². The fourth-order valence-electron chi connectivity index (χ4n) is 4.16. The van der Waals surface area contributed by atoms with Gasteiger partial charge in [-0.05, 0) is 51.1 Å². The van der Waals surface area contributed by atoms with Crippen LogP contribution in [0, 0.1) is 6.92 Å². The second-order valence-electron chi connectivity index (χ2n) is 8.93. The van der Waals surface area contributed by atoms with Crippen molar-refractivity contribution in [1.29, 1.82) is 0 Å². The molecule has 0 spiro atoms. The van der Waals surface area contributed by atoms with E-state index in [9.17, 15) is 22.8 Å². The number of amides is 1. The molecule has 1 amide bonds. The summed E-state index contributed by atoms with van der Waals surface area (Å²) in [6.07, 6.45) is -3.29. The minimum atomic E-state index is -4.57. The van der Waals surface area contributed by atoms with E-state index in [0.29, 0.717) is 25.9 Å². The van der Waals surface area contributed by atoms with Crippen LogP contribution in [0.1, 0.15) is 64.4 Å². The van der Waals surface area contributed by atoms with E-state index in [4.69, 9.17) is 4.74 Å². The van der Waals surface area contributed by atoms with Crippen LogP contribution < -0.4 is 0 Å². The number of carbonyl (C=O) groups is 2. The average molecular weight is 527 g/mol. The van der Waals surface area contributed by atoms with Crippen molar-refractivity contribution in [2.24, 2.45) is 0 Å². The molecule has 1 fully saturated rings. The molecular formula is C23H25F3N4O3S2. The zero-order valence-electron chi connectivity index (χ0n) is 19.5. The van der Waals surface area contributed by atoms with Crippen molar-refractivity contribution < 1.29 is 27.5 Å². The van der Waals surface area contributed by atoms with Gasteiger partial charge in [0.25, 0.3) is 0 Å². The number of carbonyl (C=O) groups excluding carboxylic acids is 2. The second kappa shape index (κ2) is 9.73. The van der Waals surface area contributed by atoms with E-state index in [-0.39, 0.29) is 29.8 Å². The third-order valence-corrected chi connectivity index (χ3v) is 7.88. The van der Waals surface area contributed by atoms with Crippen LogP contribution in [-0.2, 0) is 27.9 Å². The standard InChI is InChI=1S/C23H25F3N4O3S2/c1-14-11-18(23(24,25)26)28-30(14)22(2,3)21(32)29-8-6-15(7-9-29)19-27-17(13-35-19)20(31)33-12-16-5-4-10-34-16/h4-5,10-11,13,15H,6-9,12H2,1-3H3. The van der Waals surface area contributed by atoms with E-state index in [0.717, 1.165) is 20.6 Å². The molecule has 1 aliphatic rings. The van der Waals surface area contributed by atoms with E-state index in [2.05, 4.69) is 10.1 Å². The number of ether oxygens (including phenoxy) is 1. The number of thiophene rings is 1. The van der Waals surface area contributed by atoms with Crippen molar-refractivity contribution >= 4 is 34.6 Å². The summed E-state index contributed by atoms with van der Waals surface area (Å²) in [5.41, 5.74) is -1.73. The van der Waals surface area contributed by atoms with Gasteiger partial charge < -0.3 is 9.64 Å². The van der Waals surface area contributed by atoms with Crippen molar-refractivity contribution in [3.63, 3.8) is 0 Å². The molecule has 35 heavy (non-hydrogen) atoms. The highest BCUT2D eigenvalue weighted by atomic mass is 32.1. The lowest BCUT2D eigenvalue weighted by Crippen LogP contribution is -2.50. The molecule has 0 N–H and O–H groups in total. The first-order valence-electron chi connectivity index (χ1n) is 11.1. The van der Waals surface area contributed by atoms with E-state index < -0.39 is 23.4 Å². The molecule has 12 heteroatoms. The molecule has 0 radical (unpaired) electrons. The van der Waals surface area contributed by atoms with E-state index in [1.165, 1.54) is 29.6 Å². The Morgan fingerprint density at radius 1 is 1.20 bits per heavy atom. The predicted molar refractivity (Wildman–Crippen MR) is 125 cm³/mol. The Labute approximate surface area is 208 Å². The molecule has 0 atom stereocenters. The minimum Gasteiger partial charge on any atom is -0.455 e. The van der Waals surface area contributed by atoms with Crippen LogP contribution in [0.4, 0.5) is 13.2 Å². The number of alkyl halides is 3. The van der Waals surface area contributed by atoms with Crippen LogP contribution in [0.5, 0.6) is 0 Å². The molecule has 1 saturated heterocycles. The Bertz CT molecular complexity index is 1190. The number of hydrogen-bond donors (Lipinski definition) is 0. The summed E-state index contributed by atoms with van der Waals surface area (Å²) in [5, 5.41) is 8.09. The Morgan fingerprint density at radius 2 is 1.91 bits per heavy atom. The van der Waals surface area contributed by atoms with Crippen LogP contribution in [0.3, 0.4) is 0 Å². The molecule has 0 unspecified atom stereocenters. The third-order valence-electron chi connectivity index (χ3n) is 6.02. The van der Waals surface area contributed by atoms with Gasteiger partial charge in [0.05, 0.1) is 5.01 Å². The Morgan fingerprint density at radius 3 is 2.51 bits per heavy atom. The third kappa shape index (κ3) is 5.43. The molecule has 0 aromatic carbocycles. The summed E-state index contributed by atoms with van der Waals surface area (Å²) in [7, 11) is 0. The minimum absolute atomic E-state index is 0.0919. The quantitative estimate of drug-likeness (QED) is 0.411. The van der Waals surface area contributed by atoms with Gasteiger partial charge in [0.2, 0.25) is 5.91 Å². The first kappa shape index (κ1) is 25.4. The molecule has 4 heterocycles. The number of thiazole rings is 1. The molecular weight excluding hydrogens is 501 g/mol. The second-order valence-corrected chi connectivity index (χ2v) is 10.9. The number of aryl methyl sites for hydroxylation is 1. The first-order chi connectivity index (χ1) is 16.5. The molecule has 3 aromatic rings. The maximum absolute atomic E-state index is 13.2. The van der Waals surface area contributed by atoms with Crippen LogP contribution in [0.2, 0.25) is 0 Å². The smallest absolute Gasteiger partial charge is 0.435 e. The lowest BCUT2D eigenvalue weighted by molar-refractivity contribution is -0.145. The highest BCUT2D eigenvalue weighted by molar-refractivity contribution is 7.10. The van der Waals surface area contributed by atoms with Gasteiger partial charge in [-0.2, -0.15) is 18.3 Å². The number of halogens is 3. The highest BCUT2D eigenvalue weighted by Gasteiger charge is 2.41. The number of rotatable bonds is 6. The zero-order chi connectivity index (χ0) is 25.4. The monoisotopic (exact) mass is 526 g/mol. The Hall–Kier alpha value is -2.73. The topological polar surface area (TPSA) is 77.3 Å². The van der Waals surface area contributed by atoms with E-state index in [1.54, 1.807) is 24.1 Å². The van der Waals surface area contributed by atoms with Crippen LogP contribution in [-0.4, -0.2) is 44.6 Å². The van der Waals surface area contributed by atoms with E-state index in [1.807, 2.05) is 17.5 Å². The number of hydrogen-bond acceptors (Lipinski definition) is 7. The zero-order valence-corrected chi connectivity index (χ0v) is 21.1. The van der Waals surface area contributed by atoms with Gasteiger partial charge in [-0.1, -0.05) is 6.07 Å². The van der Waals surface area contributed by atoms with Crippen LogP contribution in [0.15, 0.2) is 29.0 Å². The fourth-order valence-corrected chi connectivity index (χ4v) is 5.74. The summed E-state index contributed by atoms with van der Waals surface area (Å²) < 4.78 is 45.7. The summed E-state index contributed by atoms with van der Waals surface area (Å²) >= 11 is 2.90. The van der Waals surface area contributed by atoms with Gasteiger partial charge in [-0.3, -0.25) is 9.48 Å². The lowest BCUT2D eigenvalue weighted by Gasteiger charge is -2.37. The molecule has 1 aliphatic heterocycles. The van der Waals surface area contributed by atoms with Gasteiger partial charge in [0.15, 0.2) is 11.4 Å². The van der Waals surface area contributed by atoms with Crippen molar-refractivity contribution in [3.8, 4) is 0 Å². The highest BCUT2D eigenvalue weighted by Crippen LogP contribution is 2.34. The van der Waals surface area contributed by atoms with Gasteiger partial charge in [0, 0.05) is 35.0 Å². The SMILES string of the molecule is Cc1cc(C(F)(F)F)nn1C(C)(C)C(=O)N1CCC(c2nc(C(=O)OCc3cccs3)cs2)CC1. The number of nitrogens with zero attached hydrogens (tertiary/aromatic N) is 4.